The maximum absolute atomic E-state index is 13.5. The monoisotopic (exact) mass is 326 g/mol. The van der Waals surface area contributed by atoms with Crippen LogP contribution in [-0.4, -0.2) is 13.6 Å². The Bertz CT molecular complexity index is 776. The van der Waals surface area contributed by atoms with E-state index in [-0.39, 0.29) is 16.9 Å². The van der Waals surface area contributed by atoms with Crippen LogP contribution in [-0.2, 0) is 21.2 Å². The Morgan fingerprint density at radius 2 is 1.95 bits per heavy atom. The molecule has 0 aliphatic heterocycles. The van der Waals surface area contributed by atoms with Gasteiger partial charge in [0, 0.05) is 11.5 Å². The fraction of sp³-hybridized carbons (Fsp3) is 0.400. The van der Waals surface area contributed by atoms with Crippen molar-refractivity contribution in [3.05, 3.63) is 47.1 Å². The van der Waals surface area contributed by atoms with Gasteiger partial charge in [-0.2, -0.15) is 0 Å². The number of rotatable bonds is 4. The van der Waals surface area contributed by atoms with E-state index >= 15 is 0 Å². The van der Waals surface area contributed by atoms with Crippen LogP contribution in [0.2, 0.25) is 0 Å². The van der Waals surface area contributed by atoms with E-state index in [2.05, 4.69) is 9.88 Å². The van der Waals surface area contributed by atoms with Crippen LogP contribution in [0.15, 0.2) is 28.8 Å². The molecule has 0 saturated carbocycles. The highest BCUT2D eigenvalue weighted by atomic mass is 32.2. The zero-order chi connectivity index (χ0) is 16.5. The molecule has 1 heterocycles. The van der Waals surface area contributed by atoms with Gasteiger partial charge in [-0.25, -0.2) is 12.8 Å². The zero-order valence-electron chi connectivity index (χ0n) is 13.0. The third kappa shape index (κ3) is 4.07. The van der Waals surface area contributed by atoms with Gasteiger partial charge in [0.15, 0.2) is 0 Å². The molecule has 0 saturated heterocycles. The average Bonchev–Trinajstić information content (AvgIpc) is 2.81. The number of aromatic nitrogens is 1. The predicted molar refractivity (Wildman–Crippen MR) is 82.6 cm³/mol. The van der Waals surface area contributed by atoms with Crippen LogP contribution in [0.25, 0.3) is 0 Å². The molecule has 0 spiro atoms. The summed E-state index contributed by atoms with van der Waals surface area (Å²) in [5, 5.41) is 3.77. The van der Waals surface area contributed by atoms with Crippen molar-refractivity contribution in [1.82, 2.24) is 5.16 Å². The topological polar surface area (TPSA) is 72.2 Å². The minimum atomic E-state index is -3.69. The van der Waals surface area contributed by atoms with E-state index in [1.165, 1.54) is 12.1 Å². The lowest BCUT2D eigenvalue weighted by Crippen LogP contribution is -2.15. The molecule has 1 N–H and O–H groups in total. The van der Waals surface area contributed by atoms with Gasteiger partial charge in [0.1, 0.15) is 23.0 Å². The van der Waals surface area contributed by atoms with Crippen molar-refractivity contribution < 1.29 is 17.3 Å². The van der Waals surface area contributed by atoms with Crippen LogP contribution in [0.5, 0.6) is 0 Å². The van der Waals surface area contributed by atoms with Gasteiger partial charge in [0.05, 0.1) is 5.69 Å². The standard InChI is InChI=1S/C15H19FN2O3S/c1-10-5-6-11(7-13(10)16)18-22(19,20)9-12-8-14(21-17-12)15(2,3)4/h5-8,18H,9H2,1-4H3. The summed E-state index contributed by atoms with van der Waals surface area (Å²) in [7, 11) is -3.69. The van der Waals surface area contributed by atoms with E-state index in [0.717, 1.165) is 6.07 Å². The quantitative estimate of drug-likeness (QED) is 0.935. The van der Waals surface area contributed by atoms with Crippen molar-refractivity contribution in [1.29, 1.82) is 0 Å². The Balaban J connectivity index is 2.14. The first-order chi connectivity index (χ1) is 10.1. The molecule has 0 aliphatic rings. The zero-order valence-corrected chi connectivity index (χ0v) is 13.8. The molecule has 22 heavy (non-hydrogen) atoms. The number of halogens is 1. The first-order valence-corrected chi connectivity index (χ1v) is 8.45. The fourth-order valence-corrected chi connectivity index (χ4v) is 2.88. The van der Waals surface area contributed by atoms with Gasteiger partial charge in [0.2, 0.25) is 10.0 Å². The number of nitrogens with one attached hydrogen (secondary N) is 1. The highest BCUT2D eigenvalue weighted by Gasteiger charge is 2.22. The van der Waals surface area contributed by atoms with E-state index < -0.39 is 15.8 Å². The van der Waals surface area contributed by atoms with Gasteiger partial charge in [0.25, 0.3) is 0 Å². The Kier molecular flexibility index (Phi) is 4.28. The van der Waals surface area contributed by atoms with Gasteiger partial charge in [-0.05, 0) is 24.6 Å². The molecular weight excluding hydrogens is 307 g/mol. The Labute approximate surface area is 129 Å². The van der Waals surface area contributed by atoms with Crippen molar-refractivity contribution in [2.24, 2.45) is 0 Å². The van der Waals surface area contributed by atoms with Crippen LogP contribution in [0.3, 0.4) is 0 Å². The summed E-state index contributed by atoms with van der Waals surface area (Å²) in [6, 6.07) is 5.80. The van der Waals surface area contributed by atoms with Crippen molar-refractivity contribution in [3.8, 4) is 0 Å². The van der Waals surface area contributed by atoms with Crippen molar-refractivity contribution in [3.63, 3.8) is 0 Å². The van der Waals surface area contributed by atoms with Crippen LogP contribution in [0.4, 0.5) is 10.1 Å². The van der Waals surface area contributed by atoms with Gasteiger partial charge in [-0.1, -0.05) is 32.0 Å². The van der Waals surface area contributed by atoms with E-state index in [1.54, 1.807) is 13.0 Å². The first kappa shape index (κ1) is 16.5. The summed E-state index contributed by atoms with van der Waals surface area (Å²) < 4.78 is 45.2. The SMILES string of the molecule is Cc1ccc(NS(=O)(=O)Cc2cc(C(C)(C)C)on2)cc1F. The minimum absolute atomic E-state index is 0.183. The largest absolute Gasteiger partial charge is 0.361 e. The minimum Gasteiger partial charge on any atom is -0.361 e. The second-order valence-electron chi connectivity index (χ2n) is 6.26. The molecule has 0 bridgehead atoms. The third-order valence-corrected chi connectivity index (χ3v) is 4.30. The molecule has 2 aromatic rings. The van der Waals surface area contributed by atoms with Crippen molar-refractivity contribution >= 4 is 15.7 Å². The number of anilines is 1. The van der Waals surface area contributed by atoms with Crippen LogP contribution in [0.1, 0.15) is 37.8 Å². The second kappa shape index (κ2) is 5.72. The first-order valence-electron chi connectivity index (χ1n) is 6.79. The van der Waals surface area contributed by atoms with E-state index in [1.807, 2.05) is 20.8 Å². The van der Waals surface area contributed by atoms with Crippen LogP contribution in [0, 0.1) is 12.7 Å². The molecule has 0 aliphatic carbocycles. The number of benzene rings is 1. The summed E-state index contributed by atoms with van der Waals surface area (Å²) in [6.07, 6.45) is 0. The van der Waals surface area contributed by atoms with Gasteiger partial charge < -0.3 is 4.52 Å². The normalized spacial score (nSPS) is 12.4. The van der Waals surface area contributed by atoms with E-state index in [4.69, 9.17) is 4.52 Å². The fourth-order valence-electron chi connectivity index (χ4n) is 1.80. The second-order valence-corrected chi connectivity index (χ2v) is 7.98. The number of hydrogen-bond acceptors (Lipinski definition) is 4. The molecule has 0 amide bonds. The number of aryl methyl sites for hydroxylation is 1. The molecule has 120 valence electrons. The smallest absolute Gasteiger partial charge is 0.238 e. The lowest BCUT2D eigenvalue weighted by atomic mass is 9.93. The van der Waals surface area contributed by atoms with E-state index in [9.17, 15) is 12.8 Å². The highest BCUT2D eigenvalue weighted by Crippen LogP contribution is 2.23. The molecule has 0 unspecified atom stereocenters. The van der Waals surface area contributed by atoms with Crippen LogP contribution >= 0.6 is 0 Å². The number of sulfonamides is 1. The summed E-state index contributed by atoms with van der Waals surface area (Å²) in [4.78, 5) is 0. The van der Waals surface area contributed by atoms with Crippen LogP contribution < -0.4 is 4.72 Å². The van der Waals surface area contributed by atoms with Crippen molar-refractivity contribution in [2.75, 3.05) is 4.72 Å². The predicted octanol–water partition coefficient (Wildman–Crippen LogP) is 3.36. The molecule has 1 aromatic heterocycles. The third-order valence-electron chi connectivity index (χ3n) is 3.08. The highest BCUT2D eigenvalue weighted by molar-refractivity contribution is 7.91. The Morgan fingerprint density at radius 3 is 2.50 bits per heavy atom. The number of hydrogen-bond donors (Lipinski definition) is 1. The molecule has 2 rings (SSSR count). The molecule has 0 fully saturated rings. The summed E-state index contributed by atoms with van der Waals surface area (Å²) >= 11 is 0. The average molecular weight is 326 g/mol. The Hall–Kier alpha value is -1.89. The van der Waals surface area contributed by atoms with Crippen molar-refractivity contribution in [2.45, 2.75) is 38.9 Å². The molecule has 1 aromatic carbocycles. The lowest BCUT2D eigenvalue weighted by Gasteiger charge is -2.12. The Morgan fingerprint density at radius 1 is 1.27 bits per heavy atom. The lowest BCUT2D eigenvalue weighted by molar-refractivity contribution is 0.327. The molecule has 0 radical (unpaired) electrons. The van der Waals surface area contributed by atoms with Gasteiger partial charge >= 0.3 is 0 Å². The number of nitrogens with zero attached hydrogens (tertiary/aromatic N) is 1. The van der Waals surface area contributed by atoms with Gasteiger partial charge in [-0.3, -0.25) is 4.72 Å². The summed E-state index contributed by atoms with van der Waals surface area (Å²) in [5.74, 6) is -0.182. The molecule has 5 nitrogen and oxygen atoms in total. The molecule has 7 heteroatoms. The maximum Gasteiger partial charge on any atom is 0.238 e. The maximum atomic E-state index is 13.5. The summed E-state index contributed by atoms with van der Waals surface area (Å²) in [5.41, 5.74) is 0.699. The summed E-state index contributed by atoms with van der Waals surface area (Å²) in [6.45, 7) is 7.44. The van der Waals surface area contributed by atoms with Gasteiger partial charge in [-0.15, -0.1) is 0 Å². The molecular formula is C15H19FN2O3S. The van der Waals surface area contributed by atoms with E-state index in [0.29, 0.717) is 17.0 Å². The molecule has 0 atom stereocenters.